The van der Waals surface area contributed by atoms with Crippen LogP contribution in [0, 0.1) is 5.92 Å². The molecule has 2 amide bonds. The van der Waals surface area contributed by atoms with Crippen molar-refractivity contribution < 1.29 is 23.5 Å². The van der Waals surface area contributed by atoms with Crippen LogP contribution >= 0.6 is 0 Å². The van der Waals surface area contributed by atoms with Crippen LogP contribution in [0.4, 0.5) is 15.5 Å². The molecule has 1 spiro atoms. The van der Waals surface area contributed by atoms with Crippen molar-refractivity contribution in [1.82, 2.24) is 10.2 Å². The van der Waals surface area contributed by atoms with Gasteiger partial charge in [-0.2, -0.15) is 0 Å². The van der Waals surface area contributed by atoms with E-state index >= 15 is 4.11 Å². The van der Waals surface area contributed by atoms with Gasteiger partial charge in [0.1, 0.15) is 5.54 Å². The van der Waals surface area contributed by atoms with E-state index in [1.54, 1.807) is 18.0 Å². The Balaban J connectivity index is 1.05. The van der Waals surface area contributed by atoms with E-state index in [1.165, 1.54) is 0 Å². The van der Waals surface area contributed by atoms with Crippen LogP contribution in [-0.2, 0) is 33.7 Å². The number of hydrogen-bond acceptors (Lipinski definition) is 6. The highest BCUT2D eigenvalue weighted by molar-refractivity contribution is 6.72. The number of nitrogens with one attached hydrogen (secondary N) is 1. The van der Waals surface area contributed by atoms with Gasteiger partial charge in [0, 0.05) is 23.5 Å². The lowest BCUT2D eigenvalue weighted by molar-refractivity contribution is -0.138. The van der Waals surface area contributed by atoms with Gasteiger partial charge < -0.3 is 29.1 Å². The standard InChI is InChI=1S/C40H51FN4O4Si/c1-28-35(49-36(38(28)50(2,3)41)24-37(47)43-25-31-12-8-7-11-30(31)23-34(43)26-46)17-16-29-10-9-15-33(22-29)44-27-45(32-13-5-4-6-14-32)40(39(44)48)18-20-42-21-19-40/h4-15,22,28,34-36,38,42,46H,16-21,23-27H2,1-3H3/t28-,34-,35+,36-,38+/m0/s1. The molecule has 266 valence electrons. The van der Waals surface area contributed by atoms with Crippen molar-refractivity contribution in [1.29, 1.82) is 0 Å². The van der Waals surface area contributed by atoms with Gasteiger partial charge in [-0.1, -0.05) is 61.5 Å². The van der Waals surface area contributed by atoms with Crippen LogP contribution in [-0.4, -0.2) is 80.4 Å². The molecule has 4 aliphatic rings. The Hall–Kier alpha value is -3.57. The monoisotopic (exact) mass is 698 g/mol. The molecule has 0 aliphatic carbocycles. The van der Waals surface area contributed by atoms with Crippen molar-refractivity contribution in [3.63, 3.8) is 0 Å². The summed E-state index contributed by atoms with van der Waals surface area (Å²) < 4.78 is 22.6. The second-order valence-electron chi connectivity index (χ2n) is 15.3. The molecule has 50 heavy (non-hydrogen) atoms. The highest BCUT2D eigenvalue weighted by Gasteiger charge is 2.54. The fourth-order valence-electron chi connectivity index (χ4n) is 9.26. The highest BCUT2D eigenvalue weighted by Crippen LogP contribution is 2.47. The molecule has 3 fully saturated rings. The third kappa shape index (κ3) is 6.63. The van der Waals surface area contributed by atoms with E-state index in [4.69, 9.17) is 4.74 Å². The maximum atomic E-state index is 16.0. The normalized spacial score (nSPS) is 26.5. The molecule has 0 radical (unpaired) electrons. The van der Waals surface area contributed by atoms with Gasteiger partial charge in [-0.3, -0.25) is 14.5 Å². The lowest BCUT2D eigenvalue weighted by Crippen LogP contribution is -2.55. The molecule has 3 aromatic carbocycles. The summed E-state index contributed by atoms with van der Waals surface area (Å²) in [6.07, 6.45) is 3.00. The molecule has 3 aromatic rings. The van der Waals surface area contributed by atoms with Gasteiger partial charge in [0.15, 0.2) is 0 Å². The highest BCUT2D eigenvalue weighted by atomic mass is 28.4. The minimum atomic E-state index is -3.19. The van der Waals surface area contributed by atoms with Crippen LogP contribution in [0.5, 0.6) is 0 Å². The summed E-state index contributed by atoms with van der Waals surface area (Å²) in [6, 6.07) is 26.3. The average molecular weight is 699 g/mol. The number of anilines is 2. The summed E-state index contributed by atoms with van der Waals surface area (Å²) in [5, 5.41) is 13.6. The Morgan fingerprint density at radius 2 is 1.68 bits per heavy atom. The number of carbonyl (C=O) groups excluding carboxylic acids is 2. The first kappa shape index (κ1) is 34.9. The zero-order valence-corrected chi connectivity index (χ0v) is 30.6. The topological polar surface area (TPSA) is 85.4 Å². The van der Waals surface area contributed by atoms with Crippen molar-refractivity contribution in [3.05, 3.63) is 95.6 Å². The predicted octanol–water partition coefficient (Wildman–Crippen LogP) is 5.84. The van der Waals surface area contributed by atoms with Crippen LogP contribution < -0.4 is 15.1 Å². The van der Waals surface area contributed by atoms with E-state index < -0.39 is 20.1 Å². The number of nitrogens with zero attached hydrogens (tertiary/aromatic N) is 3. The Bertz CT molecular complexity index is 1680. The Morgan fingerprint density at radius 3 is 2.40 bits per heavy atom. The van der Waals surface area contributed by atoms with Gasteiger partial charge in [0.05, 0.1) is 37.9 Å². The summed E-state index contributed by atoms with van der Waals surface area (Å²) in [6.45, 7) is 8.00. The number of ether oxygens (including phenoxy) is 1. The molecule has 7 rings (SSSR count). The molecule has 10 heteroatoms. The second kappa shape index (κ2) is 14.2. The first-order chi connectivity index (χ1) is 24.1. The molecule has 0 bridgehead atoms. The van der Waals surface area contributed by atoms with Crippen molar-refractivity contribution in [2.45, 2.75) is 94.4 Å². The molecule has 4 aliphatic heterocycles. The van der Waals surface area contributed by atoms with Crippen LogP contribution in [0.1, 0.15) is 49.3 Å². The number of piperidine rings is 1. The Kier molecular flexibility index (Phi) is 9.91. The van der Waals surface area contributed by atoms with Crippen molar-refractivity contribution >= 4 is 31.6 Å². The molecule has 5 atom stereocenters. The van der Waals surface area contributed by atoms with Crippen molar-refractivity contribution in [3.8, 4) is 0 Å². The van der Waals surface area contributed by atoms with Crippen LogP contribution in [0.2, 0.25) is 18.6 Å². The number of halogens is 1. The zero-order valence-electron chi connectivity index (χ0n) is 29.6. The lowest BCUT2D eigenvalue weighted by atomic mass is 9.86. The SMILES string of the molecule is C[C@@H]1[C@@H]([Si](C)(C)F)[C@H](CC(=O)N2Cc3ccccc3C[C@H]2CO)O[C@@H]1CCc1cccc(N2CN(c3ccccc3)C3(CCNCC3)C2=O)c1. The van der Waals surface area contributed by atoms with Gasteiger partial charge in [-0.25, -0.2) is 0 Å². The quantitative estimate of drug-likeness (QED) is 0.216. The van der Waals surface area contributed by atoms with Gasteiger partial charge in [-0.15, -0.1) is 0 Å². The number of hydrogen-bond donors (Lipinski definition) is 2. The van der Waals surface area contributed by atoms with Gasteiger partial charge in [0.25, 0.3) is 5.91 Å². The Labute approximate surface area is 296 Å². The van der Waals surface area contributed by atoms with Crippen molar-refractivity contribution in [2.24, 2.45) is 5.92 Å². The molecule has 0 saturated carbocycles. The summed E-state index contributed by atoms with van der Waals surface area (Å²) in [5.41, 5.74) is 4.45. The molecular formula is C40H51FN4O4Si. The molecular weight excluding hydrogens is 648 g/mol. The molecule has 8 nitrogen and oxygen atoms in total. The number of aliphatic hydroxyl groups excluding tert-OH is 1. The second-order valence-corrected chi connectivity index (χ2v) is 19.1. The van der Waals surface area contributed by atoms with E-state index in [1.807, 2.05) is 53.4 Å². The fourth-order valence-corrected chi connectivity index (χ4v) is 11.8. The van der Waals surface area contributed by atoms with E-state index in [-0.39, 0.29) is 48.4 Å². The van der Waals surface area contributed by atoms with E-state index in [0.717, 1.165) is 60.4 Å². The molecule has 0 unspecified atom stereocenters. The number of carbonyl (C=O) groups is 2. The lowest BCUT2D eigenvalue weighted by Gasteiger charge is -2.39. The third-order valence-electron chi connectivity index (χ3n) is 11.8. The van der Waals surface area contributed by atoms with Gasteiger partial charge in [0.2, 0.25) is 14.3 Å². The number of aryl methyl sites for hydroxylation is 1. The summed E-state index contributed by atoms with van der Waals surface area (Å²) >= 11 is 0. The molecule has 2 N–H and O–H groups in total. The molecule has 0 aromatic heterocycles. The van der Waals surface area contributed by atoms with E-state index in [0.29, 0.717) is 26.1 Å². The van der Waals surface area contributed by atoms with E-state index in [9.17, 15) is 14.7 Å². The summed E-state index contributed by atoms with van der Waals surface area (Å²) in [5.74, 6) is 0.0373. The molecule has 3 saturated heterocycles. The third-order valence-corrected chi connectivity index (χ3v) is 14.3. The summed E-state index contributed by atoms with van der Waals surface area (Å²) in [7, 11) is -3.19. The summed E-state index contributed by atoms with van der Waals surface area (Å²) in [4.78, 5) is 34.0. The minimum absolute atomic E-state index is 0.0299. The number of rotatable bonds is 9. The number of aliphatic hydroxyl groups is 1. The smallest absolute Gasteiger partial charge is 0.254 e. The number of benzene rings is 3. The maximum absolute atomic E-state index is 16.0. The van der Waals surface area contributed by atoms with Gasteiger partial charge in [-0.05, 0) is 105 Å². The number of fused-ring (bicyclic) bond motifs is 1. The first-order valence-corrected chi connectivity index (χ1v) is 21.3. The minimum Gasteiger partial charge on any atom is -0.394 e. The largest absolute Gasteiger partial charge is 0.394 e. The van der Waals surface area contributed by atoms with E-state index in [2.05, 4.69) is 47.5 Å². The van der Waals surface area contributed by atoms with Crippen LogP contribution in [0.25, 0.3) is 0 Å². The fraction of sp³-hybridized carbons (Fsp3) is 0.500. The van der Waals surface area contributed by atoms with Gasteiger partial charge >= 0.3 is 0 Å². The zero-order chi connectivity index (χ0) is 35.0. The van der Waals surface area contributed by atoms with Crippen LogP contribution in [0.3, 0.4) is 0 Å². The number of para-hydroxylation sites is 1. The van der Waals surface area contributed by atoms with Crippen molar-refractivity contribution in [2.75, 3.05) is 36.2 Å². The molecule has 4 heterocycles. The first-order valence-electron chi connectivity index (χ1n) is 18.3. The predicted molar refractivity (Wildman–Crippen MR) is 197 cm³/mol. The maximum Gasteiger partial charge on any atom is 0.254 e. The number of amides is 2. The van der Waals surface area contributed by atoms with Crippen LogP contribution in [0.15, 0.2) is 78.9 Å². The average Bonchev–Trinajstić information content (AvgIpc) is 3.59. The Morgan fingerprint density at radius 1 is 0.980 bits per heavy atom.